The number of para-hydroxylation sites is 1. The van der Waals surface area contributed by atoms with Gasteiger partial charge in [-0.1, -0.05) is 212 Å². The molecule has 67 heavy (non-hydrogen) atoms. The summed E-state index contributed by atoms with van der Waals surface area (Å²) in [6.45, 7) is 0. The Hall–Kier alpha value is -8.72. The molecule has 11 aromatic carbocycles. The molecule has 1 aliphatic carbocycles. The van der Waals surface area contributed by atoms with Gasteiger partial charge in [0.05, 0.1) is 16.5 Å². The lowest BCUT2D eigenvalue weighted by atomic mass is 9.67. The molecule has 1 aliphatic rings. The number of fused-ring (bicyclic) bond motifs is 7. The molecule has 0 unspecified atom stereocenters. The fourth-order valence-corrected chi connectivity index (χ4v) is 11.0. The summed E-state index contributed by atoms with van der Waals surface area (Å²) in [5.41, 5.74) is 18.9. The molecule has 1 heterocycles. The SMILES string of the molecule is c1ccc(-c2ccc(N(c3ccc(-c4cccc5ccccc45)cc3)c3cccc(-c4ccc5c(c4)C(c4ccccc4)(c4ccccc4)c4ccccc4-5)c3)c3c2oc2ccccc23)cc1. The Labute approximate surface area is 390 Å². The summed E-state index contributed by atoms with van der Waals surface area (Å²) in [6.07, 6.45) is 0. The van der Waals surface area contributed by atoms with Gasteiger partial charge in [0.1, 0.15) is 11.2 Å². The summed E-state index contributed by atoms with van der Waals surface area (Å²) in [7, 11) is 0. The van der Waals surface area contributed by atoms with Crippen LogP contribution < -0.4 is 4.90 Å². The standard InChI is InChI=1S/C65H43NO/c1-4-18-45(19-5-1)55-40-41-61(63-58-30-13-15-33-62(58)67-64(55)63)66(51-37-34-46(35-38-51)54-31-17-21-44-20-10-11-28-53(44)54)52-27-16-22-47(42-52)48-36-39-57-56-29-12-14-32-59(56)65(60(57)43-48,49-23-6-2-7-24-49)50-25-8-3-9-26-50/h1-43H. The van der Waals surface area contributed by atoms with E-state index in [0.717, 1.165) is 61.3 Å². The maximum atomic E-state index is 6.85. The van der Waals surface area contributed by atoms with E-state index in [-0.39, 0.29) is 0 Å². The largest absolute Gasteiger partial charge is 0.455 e. The maximum Gasteiger partial charge on any atom is 0.145 e. The van der Waals surface area contributed by atoms with Crippen LogP contribution in [0.2, 0.25) is 0 Å². The monoisotopic (exact) mass is 853 g/mol. The molecule has 0 fully saturated rings. The first-order valence-electron chi connectivity index (χ1n) is 23.1. The number of hydrogen-bond acceptors (Lipinski definition) is 2. The van der Waals surface area contributed by atoms with Crippen LogP contribution >= 0.6 is 0 Å². The quantitative estimate of drug-likeness (QED) is 0.151. The van der Waals surface area contributed by atoms with E-state index < -0.39 is 5.41 Å². The number of rotatable bonds is 8. The van der Waals surface area contributed by atoms with Crippen molar-refractivity contribution in [3.63, 3.8) is 0 Å². The molecular formula is C65H43NO. The number of furan rings is 1. The zero-order chi connectivity index (χ0) is 44.3. The molecule has 0 saturated carbocycles. The maximum absolute atomic E-state index is 6.85. The lowest BCUT2D eigenvalue weighted by Gasteiger charge is -2.34. The predicted molar refractivity (Wildman–Crippen MR) is 280 cm³/mol. The minimum absolute atomic E-state index is 0.492. The second kappa shape index (κ2) is 15.8. The van der Waals surface area contributed by atoms with Gasteiger partial charge in [0, 0.05) is 22.3 Å². The van der Waals surface area contributed by atoms with Gasteiger partial charge in [-0.05, 0) is 121 Å². The Bertz CT molecular complexity index is 3750. The number of hydrogen-bond donors (Lipinski definition) is 0. The van der Waals surface area contributed by atoms with Gasteiger partial charge in [0.15, 0.2) is 0 Å². The third kappa shape index (κ3) is 6.18. The highest BCUT2D eigenvalue weighted by Crippen LogP contribution is 2.57. The first kappa shape index (κ1) is 38.7. The minimum Gasteiger partial charge on any atom is -0.455 e. The Balaban J connectivity index is 1.02. The van der Waals surface area contributed by atoms with Crippen molar-refractivity contribution in [3.8, 4) is 44.5 Å². The molecule has 0 atom stereocenters. The third-order valence-electron chi connectivity index (χ3n) is 14.0. The van der Waals surface area contributed by atoms with Crippen LogP contribution in [0, 0.1) is 0 Å². The molecule has 12 aromatic rings. The van der Waals surface area contributed by atoms with Crippen molar-refractivity contribution in [1.82, 2.24) is 0 Å². The molecule has 13 rings (SSSR count). The molecule has 0 N–H and O–H groups in total. The highest BCUT2D eigenvalue weighted by Gasteiger charge is 2.46. The summed E-state index contributed by atoms with van der Waals surface area (Å²) in [5, 5.41) is 4.63. The van der Waals surface area contributed by atoms with Crippen molar-refractivity contribution >= 4 is 49.8 Å². The Morgan fingerprint density at radius 2 is 0.881 bits per heavy atom. The fourth-order valence-electron chi connectivity index (χ4n) is 11.0. The normalized spacial score (nSPS) is 12.6. The predicted octanol–water partition coefficient (Wildman–Crippen LogP) is 17.6. The highest BCUT2D eigenvalue weighted by atomic mass is 16.3. The first-order valence-corrected chi connectivity index (χ1v) is 23.1. The van der Waals surface area contributed by atoms with Gasteiger partial charge < -0.3 is 9.32 Å². The third-order valence-corrected chi connectivity index (χ3v) is 14.0. The van der Waals surface area contributed by atoms with Gasteiger partial charge in [0.2, 0.25) is 0 Å². The minimum atomic E-state index is -0.492. The lowest BCUT2D eigenvalue weighted by molar-refractivity contribution is 0.670. The van der Waals surface area contributed by atoms with E-state index in [1.165, 1.54) is 55.3 Å². The summed E-state index contributed by atoms with van der Waals surface area (Å²) in [4.78, 5) is 2.41. The highest BCUT2D eigenvalue weighted by molar-refractivity contribution is 6.17. The Kier molecular flexibility index (Phi) is 9.11. The molecule has 2 heteroatoms. The molecular weight excluding hydrogens is 811 g/mol. The zero-order valence-corrected chi connectivity index (χ0v) is 36.7. The average molecular weight is 854 g/mol. The summed E-state index contributed by atoms with van der Waals surface area (Å²) in [5.74, 6) is 0. The molecule has 0 amide bonds. The molecule has 1 aromatic heterocycles. The second-order valence-electron chi connectivity index (χ2n) is 17.5. The number of benzene rings is 11. The van der Waals surface area contributed by atoms with Gasteiger partial charge in [0.25, 0.3) is 0 Å². The molecule has 2 nitrogen and oxygen atoms in total. The molecule has 0 spiro atoms. The van der Waals surface area contributed by atoms with Crippen LogP contribution in [0.4, 0.5) is 17.1 Å². The van der Waals surface area contributed by atoms with Crippen molar-refractivity contribution in [3.05, 3.63) is 283 Å². The van der Waals surface area contributed by atoms with Crippen molar-refractivity contribution in [2.75, 3.05) is 4.90 Å². The Morgan fingerprint density at radius 3 is 1.67 bits per heavy atom. The van der Waals surface area contributed by atoms with Crippen molar-refractivity contribution in [1.29, 1.82) is 0 Å². The average Bonchev–Trinajstić information content (AvgIpc) is 3.94. The Morgan fingerprint density at radius 1 is 0.328 bits per heavy atom. The van der Waals surface area contributed by atoms with E-state index in [4.69, 9.17) is 4.42 Å². The van der Waals surface area contributed by atoms with Crippen molar-refractivity contribution < 1.29 is 4.42 Å². The van der Waals surface area contributed by atoms with Crippen LogP contribution in [0.15, 0.2) is 265 Å². The fraction of sp³-hybridized carbons (Fsp3) is 0.0154. The van der Waals surface area contributed by atoms with Crippen LogP contribution in [0.1, 0.15) is 22.3 Å². The van der Waals surface area contributed by atoms with E-state index in [1.54, 1.807) is 0 Å². The van der Waals surface area contributed by atoms with Crippen LogP contribution in [-0.2, 0) is 5.41 Å². The second-order valence-corrected chi connectivity index (χ2v) is 17.5. The van der Waals surface area contributed by atoms with Crippen molar-refractivity contribution in [2.45, 2.75) is 5.41 Å². The lowest BCUT2D eigenvalue weighted by Crippen LogP contribution is -2.28. The van der Waals surface area contributed by atoms with E-state index >= 15 is 0 Å². The molecule has 0 saturated heterocycles. The zero-order valence-electron chi connectivity index (χ0n) is 36.7. The first-order chi connectivity index (χ1) is 33.2. The molecule has 314 valence electrons. The molecule has 0 bridgehead atoms. The van der Waals surface area contributed by atoms with Crippen LogP contribution in [0.3, 0.4) is 0 Å². The van der Waals surface area contributed by atoms with Gasteiger partial charge in [-0.2, -0.15) is 0 Å². The number of nitrogens with zero attached hydrogens (tertiary/aromatic N) is 1. The van der Waals surface area contributed by atoms with E-state index in [2.05, 4.69) is 266 Å². The molecule has 0 radical (unpaired) electrons. The smallest absolute Gasteiger partial charge is 0.145 e. The van der Waals surface area contributed by atoms with Crippen LogP contribution in [0.5, 0.6) is 0 Å². The summed E-state index contributed by atoms with van der Waals surface area (Å²) < 4.78 is 6.85. The number of anilines is 3. The van der Waals surface area contributed by atoms with Crippen LogP contribution in [0.25, 0.3) is 77.2 Å². The van der Waals surface area contributed by atoms with Gasteiger partial charge in [-0.15, -0.1) is 0 Å². The van der Waals surface area contributed by atoms with Gasteiger partial charge >= 0.3 is 0 Å². The van der Waals surface area contributed by atoms with Crippen LogP contribution in [-0.4, -0.2) is 0 Å². The molecule has 0 aliphatic heterocycles. The van der Waals surface area contributed by atoms with Gasteiger partial charge in [-0.3, -0.25) is 0 Å². The van der Waals surface area contributed by atoms with Crippen molar-refractivity contribution in [2.24, 2.45) is 0 Å². The topological polar surface area (TPSA) is 16.4 Å². The van der Waals surface area contributed by atoms with E-state index in [9.17, 15) is 0 Å². The van der Waals surface area contributed by atoms with E-state index in [0.29, 0.717) is 0 Å². The van der Waals surface area contributed by atoms with Gasteiger partial charge in [-0.25, -0.2) is 0 Å². The summed E-state index contributed by atoms with van der Waals surface area (Å²) >= 11 is 0. The van der Waals surface area contributed by atoms with E-state index in [1.807, 2.05) is 0 Å². The summed E-state index contributed by atoms with van der Waals surface area (Å²) in [6, 6.07) is 94.9.